The van der Waals surface area contributed by atoms with Gasteiger partial charge in [0.15, 0.2) is 0 Å². The zero-order chi connectivity index (χ0) is 11.5. The van der Waals surface area contributed by atoms with E-state index in [1.807, 2.05) is 6.92 Å². The number of ether oxygens (including phenoxy) is 1. The summed E-state index contributed by atoms with van der Waals surface area (Å²) in [5.74, 6) is 2.26. The molecular weight excluding hydrogens is 202 g/mol. The Morgan fingerprint density at radius 3 is 3.00 bits per heavy atom. The fraction of sp³-hybridized carbons (Fsp3) is 0.750. The third kappa shape index (κ3) is 2.07. The van der Waals surface area contributed by atoms with Crippen LogP contribution in [0.3, 0.4) is 0 Å². The number of rotatable bonds is 3. The van der Waals surface area contributed by atoms with E-state index in [1.54, 1.807) is 0 Å². The standard InChI is InChI=1S/C12H21N3O/c1-3-6-15-9(2)14-11(12(15)13)10-5-4-7-16-8-10/h10H,3-8,13H2,1-2H3. The van der Waals surface area contributed by atoms with E-state index in [0.717, 1.165) is 56.4 Å². The van der Waals surface area contributed by atoms with Gasteiger partial charge in [0.2, 0.25) is 0 Å². The molecule has 1 aromatic heterocycles. The summed E-state index contributed by atoms with van der Waals surface area (Å²) in [5.41, 5.74) is 7.21. The van der Waals surface area contributed by atoms with Crippen LogP contribution in [0.2, 0.25) is 0 Å². The van der Waals surface area contributed by atoms with Crippen molar-refractivity contribution in [2.75, 3.05) is 18.9 Å². The quantitative estimate of drug-likeness (QED) is 0.853. The van der Waals surface area contributed by atoms with E-state index in [0.29, 0.717) is 5.92 Å². The normalized spacial score (nSPS) is 21.2. The Morgan fingerprint density at radius 1 is 1.56 bits per heavy atom. The molecule has 16 heavy (non-hydrogen) atoms. The Morgan fingerprint density at radius 2 is 2.38 bits per heavy atom. The van der Waals surface area contributed by atoms with Gasteiger partial charge >= 0.3 is 0 Å². The third-order valence-corrected chi connectivity index (χ3v) is 3.22. The molecule has 90 valence electrons. The molecule has 1 aliphatic rings. The van der Waals surface area contributed by atoms with Gasteiger partial charge in [-0.05, 0) is 26.2 Å². The number of nitrogens with two attached hydrogens (primary N) is 1. The number of anilines is 1. The van der Waals surface area contributed by atoms with Crippen LogP contribution in [-0.4, -0.2) is 22.8 Å². The minimum absolute atomic E-state index is 0.394. The minimum Gasteiger partial charge on any atom is -0.384 e. The fourth-order valence-corrected chi connectivity index (χ4v) is 2.37. The van der Waals surface area contributed by atoms with Crippen LogP contribution in [0.15, 0.2) is 0 Å². The highest BCUT2D eigenvalue weighted by molar-refractivity contribution is 5.40. The molecule has 2 rings (SSSR count). The first kappa shape index (κ1) is 11.5. The molecule has 0 radical (unpaired) electrons. The molecule has 0 bridgehead atoms. The molecule has 1 aliphatic heterocycles. The lowest BCUT2D eigenvalue weighted by molar-refractivity contribution is 0.0796. The molecule has 1 saturated heterocycles. The number of aryl methyl sites for hydroxylation is 1. The molecule has 4 heteroatoms. The molecule has 2 N–H and O–H groups in total. The maximum Gasteiger partial charge on any atom is 0.127 e. The zero-order valence-electron chi connectivity index (χ0n) is 10.2. The van der Waals surface area contributed by atoms with Crippen LogP contribution in [0.25, 0.3) is 0 Å². The zero-order valence-corrected chi connectivity index (χ0v) is 10.2. The van der Waals surface area contributed by atoms with E-state index in [9.17, 15) is 0 Å². The van der Waals surface area contributed by atoms with Gasteiger partial charge in [0.25, 0.3) is 0 Å². The summed E-state index contributed by atoms with van der Waals surface area (Å²) in [6.45, 7) is 6.79. The van der Waals surface area contributed by atoms with Crippen LogP contribution in [-0.2, 0) is 11.3 Å². The van der Waals surface area contributed by atoms with Gasteiger partial charge in [-0.15, -0.1) is 0 Å². The number of imidazole rings is 1. The topological polar surface area (TPSA) is 53.1 Å². The molecule has 1 fully saturated rings. The highest BCUT2D eigenvalue weighted by Crippen LogP contribution is 2.29. The first-order valence-corrected chi connectivity index (χ1v) is 6.14. The summed E-state index contributed by atoms with van der Waals surface area (Å²) in [6, 6.07) is 0. The van der Waals surface area contributed by atoms with Crippen molar-refractivity contribution < 1.29 is 4.74 Å². The summed E-state index contributed by atoms with van der Waals surface area (Å²) in [6.07, 6.45) is 3.35. The van der Waals surface area contributed by atoms with Crippen LogP contribution in [0.4, 0.5) is 5.82 Å². The van der Waals surface area contributed by atoms with Gasteiger partial charge in [0.05, 0.1) is 12.3 Å². The van der Waals surface area contributed by atoms with Gasteiger partial charge in [0, 0.05) is 19.1 Å². The third-order valence-electron chi connectivity index (χ3n) is 3.22. The summed E-state index contributed by atoms with van der Waals surface area (Å²) >= 11 is 0. The highest BCUT2D eigenvalue weighted by Gasteiger charge is 2.23. The van der Waals surface area contributed by atoms with E-state index in [2.05, 4.69) is 16.5 Å². The fourth-order valence-electron chi connectivity index (χ4n) is 2.37. The predicted molar refractivity (Wildman–Crippen MR) is 64.5 cm³/mol. The van der Waals surface area contributed by atoms with Gasteiger partial charge in [-0.3, -0.25) is 0 Å². The molecule has 0 aromatic carbocycles. The first-order valence-electron chi connectivity index (χ1n) is 6.14. The van der Waals surface area contributed by atoms with Crippen molar-refractivity contribution in [2.45, 2.75) is 45.6 Å². The minimum atomic E-state index is 0.394. The Balaban J connectivity index is 2.23. The Kier molecular flexibility index (Phi) is 3.49. The Bertz CT molecular complexity index is 353. The average Bonchev–Trinajstić information content (AvgIpc) is 2.59. The number of hydrogen-bond acceptors (Lipinski definition) is 3. The van der Waals surface area contributed by atoms with E-state index in [4.69, 9.17) is 10.5 Å². The predicted octanol–water partition coefficient (Wildman–Crippen LogP) is 2.08. The van der Waals surface area contributed by atoms with Gasteiger partial charge < -0.3 is 15.0 Å². The van der Waals surface area contributed by atoms with Crippen LogP contribution in [0, 0.1) is 6.92 Å². The number of nitrogen functional groups attached to an aromatic ring is 1. The largest absolute Gasteiger partial charge is 0.384 e. The van der Waals surface area contributed by atoms with Crippen LogP contribution in [0.5, 0.6) is 0 Å². The van der Waals surface area contributed by atoms with Crippen molar-refractivity contribution in [2.24, 2.45) is 0 Å². The molecular formula is C12H21N3O. The molecule has 1 aromatic rings. The number of nitrogens with zero attached hydrogens (tertiary/aromatic N) is 2. The molecule has 1 unspecified atom stereocenters. The number of aromatic nitrogens is 2. The lowest BCUT2D eigenvalue weighted by Crippen LogP contribution is -2.17. The maximum absolute atomic E-state index is 6.17. The van der Waals surface area contributed by atoms with Gasteiger partial charge in [0.1, 0.15) is 11.6 Å². The summed E-state index contributed by atoms with van der Waals surface area (Å²) in [5, 5.41) is 0. The summed E-state index contributed by atoms with van der Waals surface area (Å²) in [7, 11) is 0. The van der Waals surface area contributed by atoms with E-state index >= 15 is 0 Å². The van der Waals surface area contributed by atoms with E-state index < -0.39 is 0 Å². The lowest BCUT2D eigenvalue weighted by atomic mass is 9.98. The van der Waals surface area contributed by atoms with Crippen molar-refractivity contribution in [3.05, 3.63) is 11.5 Å². The SMILES string of the molecule is CCCn1c(C)nc(C2CCCOC2)c1N. The second-order valence-electron chi connectivity index (χ2n) is 4.50. The monoisotopic (exact) mass is 223 g/mol. The van der Waals surface area contributed by atoms with Crippen LogP contribution < -0.4 is 5.73 Å². The number of hydrogen-bond donors (Lipinski definition) is 1. The molecule has 0 saturated carbocycles. The Hall–Kier alpha value is -1.03. The molecule has 0 aliphatic carbocycles. The van der Waals surface area contributed by atoms with Crippen LogP contribution in [0.1, 0.15) is 43.6 Å². The van der Waals surface area contributed by atoms with Crippen molar-refractivity contribution in [3.8, 4) is 0 Å². The Labute approximate surface area is 96.8 Å². The van der Waals surface area contributed by atoms with Gasteiger partial charge in [-0.25, -0.2) is 4.98 Å². The average molecular weight is 223 g/mol. The van der Waals surface area contributed by atoms with Crippen molar-refractivity contribution in [1.82, 2.24) is 9.55 Å². The van der Waals surface area contributed by atoms with Crippen molar-refractivity contribution in [1.29, 1.82) is 0 Å². The first-order chi connectivity index (χ1) is 7.74. The van der Waals surface area contributed by atoms with Gasteiger partial charge in [-0.2, -0.15) is 0 Å². The molecule has 0 amide bonds. The van der Waals surface area contributed by atoms with Crippen molar-refractivity contribution in [3.63, 3.8) is 0 Å². The van der Waals surface area contributed by atoms with Crippen LogP contribution >= 0.6 is 0 Å². The lowest BCUT2D eigenvalue weighted by Gasteiger charge is -2.21. The van der Waals surface area contributed by atoms with E-state index in [-0.39, 0.29) is 0 Å². The maximum atomic E-state index is 6.17. The summed E-state index contributed by atoms with van der Waals surface area (Å²) in [4.78, 5) is 4.61. The molecule has 1 atom stereocenters. The second kappa shape index (κ2) is 4.87. The summed E-state index contributed by atoms with van der Waals surface area (Å²) < 4.78 is 7.61. The molecule has 2 heterocycles. The smallest absolute Gasteiger partial charge is 0.127 e. The second-order valence-corrected chi connectivity index (χ2v) is 4.50. The van der Waals surface area contributed by atoms with E-state index in [1.165, 1.54) is 0 Å². The molecule has 0 spiro atoms. The van der Waals surface area contributed by atoms with Crippen molar-refractivity contribution >= 4 is 5.82 Å². The van der Waals surface area contributed by atoms with Gasteiger partial charge in [-0.1, -0.05) is 6.92 Å². The molecule has 4 nitrogen and oxygen atoms in total. The highest BCUT2D eigenvalue weighted by atomic mass is 16.5.